The molecule has 0 bridgehead atoms. The Labute approximate surface area is 130 Å². The van der Waals surface area contributed by atoms with Crippen molar-refractivity contribution < 1.29 is 0 Å². The normalized spacial score (nSPS) is 10.8. The van der Waals surface area contributed by atoms with Gasteiger partial charge in [0.1, 0.15) is 4.99 Å². The first-order chi connectivity index (χ1) is 8.97. The van der Waals surface area contributed by atoms with Crippen molar-refractivity contribution >= 4 is 38.8 Å². The Morgan fingerprint density at radius 1 is 1.37 bits per heavy atom. The average molecular weight is 343 g/mol. The number of hydrogen-bond acceptors (Lipinski definition) is 2. The van der Waals surface area contributed by atoms with E-state index in [1.165, 1.54) is 24.9 Å². The third-order valence-corrected chi connectivity index (χ3v) is 4.04. The van der Waals surface area contributed by atoms with Crippen LogP contribution in [0.4, 0.5) is 5.69 Å². The van der Waals surface area contributed by atoms with E-state index in [-0.39, 0.29) is 0 Å². The van der Waals surface area contributed by atoms with Gasteiger partial charge in [-0.05, 0) is 54.4 Å². The fourth-order valence-electron chi connectivity index (χ4n) is 2.08. The molecule has 19 heavy (non-hydrogen) atoms. The maximum absolute atomic E-state index is 5.66. The maximum atomic E-state index is 5.66. The third kappa shape index (κ3) is 4.77. The summed E-state index contributed by atoms with van der Waals surface area (Å²) >= 11 is 8.65. The fraction of sp³-hybridized carbons (Fsp3) is 0.533. The number of hydrogen-bond donors (Lipinski definition) is 1. The van der Waals surface area contributed by atoms with Crippen LogP contribution < -0.4 is 10.6 Å². The summed E-state index contributed by atoms with van der Waals surface area (Å²) < 4.78 is 1.06. The highest BCUT2D eigenvalue weighted by Gasteiger charge is 2.14. The van der Waals surface area contributed by atoms with E-state index in [0.29, 0.717) is 11.0 Å². The molecule has 1 rings (SSSR count). The monoisotopic (exact) mass is 342 g/mol. The minimum Gasteiger partial charge on any atom is -0.389 e. The predicted octanol–water partition coefficient (Wildman–Crippen LogP) is 4.49. The molecule has 0 aliphatic heterocycles. The van der Waals surface area contributed by atoms with Crippen molar-refractivity contribution in [2.45, 2.75) is 46.1 Å². The SMILES string of the molecule is CCCCCN(c1ccc(C(N)=S)cc1Br)C(C)C. The molecule has 2 N–H and O–H groups in total. The molecular formula is C15H23BrN2S. The molecule has 4 heteroatoms. The van der Waals surface area contributed by atoms with Crippen LogP contribution in [0.5, 0.6) is 0 Å². The van der Waals surface area contributed by atoms with E-state index in [0.717, 1.165) is 16.6 Å². The van der Waals surface area contributed by atoms with E-state index in [9.17, 15) is 0 Å². The van der Waals surface area contributed by atoms with Gasteiger partial charge in [-0.25, -0.2) is 0 Å². The number of benzene rings is 1. The van der Waals surface area contributed by atoms with Crippen LogP contribution in [0.25, 0.3) is 0 Å². The van der Waals surface area contributed by atoms with Crippen molar-refractivity contribution in [1.29, 1.82) is 0 Å². The highest BCUT2D eigenvalue weighted by Crippen LogP contribution is 2.29. The van der Waals surface area contributed by atoms with E-state index in [4.69, 9.17) is 18.0 Å². The first kappa shape index (κ1) is 16.4. The van der Waals surface area contributed by atoms with Gasteiger partial charge in [-0.15, -0.1) is 0 Å². The average Bonchev–Trinajstić information content (AvgIpc) is 2.35. The first-order valence-corrected chi connectivity index (χ1v) is 8.03. The Balaban J connectivity index is 2.93. The second-order valence-corrected chi connectivity index (χ2v) is 6.32. The van der Waals surface area contributed by atoms with Crippen LogP contribution in [0.2, 0.25) is 0 Å². The summed E-state index contributed by atoms with van der Waals surface area (Å²) in [6.45, 7) is 7.75. The molecule has 0 saturated carbocycles. The number of unbranched alkanes of at least 4 members (excludes halogenated alkanes) is 2. The second kappa shape index (κ2) is 7.85. The Morgan fingerprint density at radius 3 is 2.53 bits per heavy atom. The maximum Gasteiger partial charge on any atom is 0.104 e. The molecule has 1 aromatic carbocycles. The number of halogens is 1. The van der Waals surface area contributed by atoms with Gasteiger partial charge >= 0.3 is 0 Å². The van der Waals surface area contributed by atoms with Crippen molar-refractivity contribution in [2.75, 3.05) is 11.4 Å². The van der Waals surface area contributed by atoms with Gasteiger partial charge in [-0.2, -0.15) is 0 Å². The summed E-state index contributed by atoms with van der Waals surface area (Å²) in [5.41, 5.74) is 7.78. The van der Waals surface area contributed by atoms with Crippen LogP contribution in [-0.2, 0) is 0 Å². The Hall–Kier alpha value is -0.610. The lowest BCUT2D eigenvalue weighted by Crippen LogP contribution is -2.32. The van der Waals surface area contributed by atoms with Gasteiger partial charge in [-0.1, -0.05) is 32.0 Å². The fourth-order valence-corrected chi connectivity index (χ4v) is 2.82. The topological polar surface area (TPSA) is 29.3 Å². The molecule has 2 nitrogen and oxygen atoms in total. The molecule has 0 aliphatic rings. The highest BCUT2D eigenvalue weighted by atomic mass is 79.9. The molecule has 0 heterocycles. The largest absolute Gasteiger partial charge is 0.389 e. The summed E-state index contributed by atoms with van der Waals surface area (Å²) in [7, 11) is 0. The van der Waals surface area contributed by atoms with Crippen molar-refractivity contribution in [3.05, 3.63) is 28.2 Å². The van der Waals surface area contributed by atoms with Gasteiger partial charge in [0.25, 0.3) is 0 Å². The molecule has 0 radical (unpaired) electrons. The lowest BCUT2D eigenvalue weighted by molar-refractivity contribution is 0.625. The smallest absolute Gasteiger partial charge is 0.104 e. The quantitative estimate of drug-likeness (QED) is 0.584. The number of rotatable bonds is 7. The van der Waals surface area contributed by atoms with Gasteiger partial charge in [0.05, 0.1) is 5.69 Å². The van der Waals surface area contributed by atoms with Gasteiger partial charge in [0, 0.05) is 22.6 Å². The zero-order valence-electron chi connectivity index (χ0n) is 11.9. The first-order valence-electron chi connectivity index (χ1n) is 6.83. The van der Waals surface area contributed by atoms with Crippen molar-refractivity contribution in [3.8, 4) is 0 Å². The number of anilines is 1. The van der Waals surface area contributed by atoms with E-state index >= 15 is 0 Å². The van der Waals surface area contributed by atoms with Crippen LogP contribution in [-0.4, -0.2) is 17.6 Å². The van der Waals surface area contributed by atoms with Crippen LogP contribution in [0.1, 0.15) is 45.6 Å². The predicted molar refractivity (Wildman–Crippen MR) is 92.0 cm³/mol. The molecular weight excluding hydrogens is 320 g/mol. The molecule has 0 aromatic heterocycles. The Bertz CT molecular complexity index is 432. The van der Waals surface area contributed by atoms with E-state index in [2.05, 4.69) is 47.7 Å². The number of nitrogens with two attached hydrogens (primary N) is 1. The standard InChI is InChI=1S/C15H23BrN2S/c1-4-5-6-9-18(11(2)3)14-8-7-12(15(17)19)10-13(14)16/h7-8,10-11H,4-6,9H2,1-3H3,(H2,17,19). The van der Waals surface area contributed by atoms with Crippen LogP contribution in [0, 0.1) is 0 Å². The molecule has 0 aliphatic carbocycles. The van der Waals surface area contributed by atoms with E-state index in [1.54, 1.807) is 0 Å². The summed E-state index contributed by atoms with van der Waals surface area (Å²) in [6.07, 6.45) is 3.73. The van der Waals surface area contributed by atoms with Gasteiger partial charge in [0.15, 0.2) is 0 Å². The molecule has 1 aromatic rings. The Morgan fingerprint density at radius 2 is 2.05 bits per heavy atom. The van der Waals surface area contributed by atoms with E-state index < -0.39 is 0 Å². The van der Waals surface area contributed by atoms with Crippen molar-refractivity contribution in [2.24, 2.45) is 5.73 Å². The lowest BCUT2D eigenvalue weighted by Gasteiger charge is -2.30. The van der Waals surface area contributed by atoms with Crippen LogP contribution >= 0.6 is 28.1 Å². The number of thiocarbonyl (C=S) groups is 1. The van der Waals surface area contributed by atoms with E-state index in [1.807, 2.05) is 12.1 Å². The molecule has 0 atom stereocenters. The zero-order valence-corrected chi connectivity index (χ0v) is 14.4. The van der Waals surface area contributed by atoms with Gasteiger partial charge in [0.2, 0.25) is 0 Å². The molecule has 0 saturated heterocycles. The molecule has 0 amide bonds. The van der Waals surface area contributed by atoms with Crippen molar-refractivity contribution in [3.63, 3.8) is 0 Å². The lowest BCUT2D eigenvalue weighted by atomic mass is 10.1. The minimum absolute atomic E-state index is 0.439. The van der Waals surface area contributed by atoms with Gasteiger partial charge < -0.3 is 10.6 Å². The number of nitrogens with zero attached hydrogens (tertiary/aromatic N) is 1. The van der Waals surface area contributed by atoms with Gasteiger partial charge in [-0.3, -0.25) is 0 Å². The molecule has 0 unspecified atom stereocenters. The van der Waals surface area contributed by atoms with Crippen LogP contribution in [0.15, 0.2) is 22.7 Å². The molecule has 0 spiro atoms. The summed E-state index contributed by atoms with van der Waals surface area (Å²) in [4.78, 5) is 2.86. The summed E-state index contributed by atoms with van der Waals surface area (Å²) in [6, 6.07) is 6.58. The second-order valence-electron chi connectivity index (χ2n) is 5.02. The summed E-state index contributed by atoms with van der Waals surface area (Å²) in [5, 5.41) is 0. The van der Waals surface area contributed by atoms with Crippen molar-refractivity contribution in [1.82, 2.24) is 0 Å². The summed E-state index contributed by atoms with van der Waals surface area (Å²) in [5.74, 6) is 0. The highest BCUT2D eigenvalue weighted by molar-refractivity contribution is 9.10. The molecule has 0 fully saturated rings. The Kier molecular flexibility index (Phi) is 6.80. The van der Waals surface area contributed by atoms with Crippen LogP contribution in [0.3, 0.4) is 0 Å². The molecule has 106 valence electrons. The third-order valence-electron chi connectivity index (χ3n) is 3.17. The zero-order chi connectivity index (χ0) is 14.4. The minimum atomic E-state index is 0.439.